The van der Waals surface area contributed by atoms with Gasteiger partial charge in [-0.3, -0.25) is 9.59 Å². The summed E-state index contributed by atoms with van der Waals surface area (Å²) in [5, 5.41) is 0. The van der Waals surface area contributed by atoms with Crippen molar-refractivity contribution < 1.29 is 27.5 Å². The Bertz CT molecular complexity index is 266. The summed E-state index contributed by atoms with van der Waals surface area (Å²) in [6.07, 6.45) is -6.18. The predicted octanol–water partition coefficient (Wildman–Crippen LogP) is 1.74. The van der Waals surface area contributed by atoms with Crippen molar-refractivity contribution in [2.24, 2.45) is 0 Å². The van der Waals surface area contributed by atoms with Crippen LogP contribution in [-0.2, 0) is 14.3 Å². The van der Waals surface area contributed by atoms with E-state index in [0.717, 1.165) is 4.90 Å². The summed E-state index contributed by atoms with van der Waals surface area (Å²) in [6.45, 7) is 3.24. The maximum absolute atomic E-state index is 11.9. The lowest BCUT2D eigenvalue weighted by Crippen LogP contribution is -2.36. The number of carbonyl (C=O) groups excluding carboxylic acids is 2. The quantitative estimate of drug-likeness (QED) is 0.679. The average Bonchev–Trinajstić information content (AvgIpc) is 2.22. The molecule has 100 valence electrons. The smallest absolute Gasteiger partial charge is 0.389 e. The van der Waals surface area contributed by atoms with Crippen molar-refractivity contribution >= 4 is 11.9 Å². The van der Waals surface area contributed by atoms with Gasteiger partial charge in [0.25, 0.3) is 0 Å². The van der Waals surface area contributed by atoms with Crippen LogP contribution >= 0.6 is 0 Å². The molecule has 0 aromatic rings. The van der Waals surface area contributed by atoms with Gasteiger partial charge in [-0.25, -0.2) is 0 Å². The molecule has 0 spiro atoms. The Morgan fingerprint density at radius 2 is 1.82 bits per heavy atom. The van der Waals surface area contributed by atoms with Crippen LogP contribution in [0.1, 0.15) is 26.7 Å². The lowest BCUT2D eigenvalue weighted by atomic mass is 10.2. The molecule has 1 amide bonds. The molecule has 0 radical (unpaired) electrons. The number of rotatable bonds is 6. The standard InChI is InChI=1S/C10H16F3NO3/c1-3-14(7-9(16)17-4-2)8(15)5-6-10(11,12)13/h3-7H2,1-2H3. The number of likely N-dealkylation sites (N-methyl/N-ethyl adjacent to an activating group) is 1. The summed E-state index contributed by atoms with van der Waals surface area (Å²) >= 11 is 0. The zero-order valence-electron chi connectivity index (χ0n) is 9.84. The Balaban J connectivity index is 4.17. The van der Waals surface area contributed by atoms with E-state index in [1.54, 1.807) is 13.8 Å². The fourth-order valence-corrected chi connectivity index (χ4v) is 1.15. The van der Waals surface area contributed by atoms with Gasteiger partial charge in [0, 0.05) is 13.0 Å². The van der Waals surface area contributed by atoms with Crippen LogP contribution in [-0.4, -0.2) is 42.6 Å². The van der Waals surface area contributed by atoms with E-state index in [1.807, 2.05) is 0 Å². The molecule has 0 bridgehead atoms. The largest absolute Gasteiger partial charge is 0.465 e. The van der Waals surface area contributed by atoms with Gasteiger partial charge in [0.2, 0.25) is 5.91 Å². The Morgan fingerprint density at radius 1 is 1.24 bits per heavy atom. The fraction of sp³-hybridized carbons (Fsp3) is 0.800. The van der Waals surface area contributed by atoms with E-state index in [-0.39, 0.29) is 19.7 Å². The number of carbonyl (C=O) groups is 2. The summed E-state index contributed by atoms with van der Waals surface area (Å²) in [5.41, 5.74) is 0. The molecule has 0 saturated heterocycles. The summed E-state index contributed by atoms with van der Waals surface area (Å²) in [4.78, 5) is 23.5. The maximum Gasteiger partial charge on any atom is 0.389 e. The molecule has 0 fully saturated rings. The summed E-state index contributed by atoms with van der Waals surface area (Å²) in [7, 11) is 0. The van der Waals surface area contributed by atoms with E-state index in [4.69, 9.17) is 0 Å². The SMILES string of the molecule is CCOC(=O)CN(CC)C(=O)CCC(F)(F)F. The van der Waals surface area contributed by atoms with Gasteiger partial charge in [0.1, 0.15) is 6.54 Å². The van der Waals surface area contributed by atoms with E-state index >= 15 is 0 Å². The first-order valence-corrected chi connectivity index (χ1v) is 5.30. The van der Waals surface area contributed by atoms with Crippen molar-refractivity contribution in [3.05, 3.63) is 0 Å². The van der Waals surface area contributed by atoms with Crippen molar-refractivity contribution in [1.29, 1.82) is 0 Å². The topological polar surface area (TPSA) is 46.6 Å². The highest BCUT2D eigenvalue weighted by Gasteiger charge is 2.29. The monoisotopic (exact) mass is 255 g/mol. The van der Waals surface area contributed by atoms with Crippen LogP contribution < -0.4 is 0 Å². The minimum absolute atomic E-state index is 0.174. The maximum atomic E-state index is 11.9. The Morgan fingerprint density at radius 3 is 2.24 bits per heavy atom. The van der Waals surface area contributed by atoms with E-state index in [0.29, 0.717) is 0 Å². The number of halogens is 3. The second-order valence-electron chi connectivity index (χ2n) is 3.33. The first-order valence-electron chi connectivity index (χ1n) is 5.30. The predicted molar refractivity (Wildman–Crippen MR) is 54.2 cm³/mol. The molecule has 0 atom stereocenters. The van der Waals surface area contributed by atoms with Gasteiger partial charge in [-0.2, -0.15) is 13.2 Å². The summed E-state index contributed by atoms with van der Waals surface area (Å²) < 4.78 is 40.3. The van der Waals surface area contributed by atoms with Gasteiger partial charge >= 0.3 is 12.1 Å². The lowest BCUT2D eigenvalue weighted by Gasteiger charge is -2.20. The van der Waals surface area contributed by atoms with Crippen molar-refractivity contribution in [1.82, 2.24) is 4.90 Å². The summed E-state index contributed by atoms with van der Waals surface area (Å²) in [6, 6.07) is 0. The van der Waals surface area contributed by atoms with Gasteiger partial charge in [0.05, 0.1) is 13.0 Å². The molecule has 0 rings (SSSR count). The molecule has 0 saturated carbocycles. The number of esters is 1. The fourth-order valence-electron chi connectivity index (χ4n) is 1.15. The van der Waals surface area contributed by atoms with Crippen molar-refractivity contribution in [2.45, 2.75) is 32.9 Å². The molecule has 0 heterocycles. The van der Waals surface area contributed by atoms with Crippen LogP contribution in [0, 0.1) is 0 Å². The van der Waals surface area contributed by atoms with Crippen LogP contribution in [0.2, 0.25) is 0 Å². The third-order valence-electron chi connectivity index (χ3n) is 1.98. The third kappa shape index (κ3) is 7.59. The molecule has 0 aliphatic carbocycles. The van der Waals surface area contributed by atoms with Crippen LogP contribution in [0.15, 0.2) is 0 Å². The van der Waals surface area contributed by atoms with Gasteiger partial charge in [0.15, 0.2) is 0 Å². The van der Waals surface area contributed by atoms with Gasteiger partial charge in [-0.05, 0) is 13.8 Å². The van der Waals surface area contributed by atoms with Crippen molar-refractivity contribution in [3.8, 4) is 0 Å². The van der Waals surface area contributed by atoms with Gasteiger partial charge < -0.3 is 9.64 Å². The first kappa shape index (κ1) is 15.7. The highest BCUT2D eigenvalue weighted by Crippen LogP contribution is 2.21. The van der Waals surface area contributed by atoms with E-state index in [9.17, 15) is 22.8 Å². The van der Waals surface area contributed by atoms with Crippen molar-refractivity contribution in [2.75, 3.05) is 19.7 Å². The number of amides is 1. The Hall–Kier alpha value is -1.27. The zero-order valence-corrected chi connectivity index (χ0v) is 9.84. The number of alkyl halides is 3. The van der Waals surface area contributed by atoms with E-state index in [1.165, 1.54) is 0 Å². The zero-order chi connectivity index (χ0) is 13.5. The normalized spacial score (nSPS) is 11.1. The number of hydrogen-bond acceptors (Lipinski definition) is 3. The number of nitrogens with zero attached hydrogens (tertiary/aromatic N) is 1. The van der Waals surface area contributed by atoms with Crippen LogP contribution in [0.5, 0.6) is 0 Å². The second-order valence-corrected chi connectivity index (χ2v) is 3.33. The molecule has 0 unspecified atom stereocenters. The summed E-state index contributed by atoms with van der Waals surface area (Å²) in [5.74, 6) is -1.31. The highest BCUT2D eigenvalue weighted by molar-refractivity contribution is 5.82. The first-order chi connectivity index (χ1) is 7.80. The number of hydrogen-bond donors (Lipinski definition) is 0. The molecule has 0 aromatic heterocycles. The van der Waals surface area contributed by atoms with Crippen LogP contribution in [0.25, 0.3) is 0 Å². The number of ether oxygens (including phenoxy) is 1. The molecule has 0 aliphatic rings. The van der Waals surface area contributed by atoms with Gasteiger partial charge in [-0.15, -0.1) is 0 Å². The molecular weight excluding hydrogens is 239 g/mol. The molecule has 0 aliphatic heterocycles. The van der Waals surface area contributed by atoms with E-state index < -0.39 is 30.9 Å². The molecular formula is C10H16F3NO3. The molecule has 0 N–H and O–H groups in total. The molecule has 7 heteroatoms. The minimum atomic E-state index is -4.36. The van der Waals surface area contributed by atoms with Crippen molar-refractivity contribution in [3.63, 3.8) is 0 Å². The molecule has 0 aromatic carbocycles. The highest BCUT2D eigenvalue weighted by atomic mass is 19.4. The third-order valence-corrected chi connectivity index (χ3v) is 1.98. The lowest BCUT2D eigenvalue weighted by molar-refractivity contribution is -0.153. The Labute approximate surface area is 97.7 Å². The van der Waals surface area contributed by atoms with Gasteiger partial charge in [-0.1, -0.05) is 0 Å². The average molecular weight is 255 g/mol. The molecule has 4 nitrogen and oxygen atoms in total. The molecule has 17 heavy (non-hydrogen) atoms. The van der Waals surface area contributed by atoms with E-state index in [2.05, 4.69) is 4.74 Å². The second kappa shape index (κ2) is 7.13. The van der Waals surface area contributed by atoms with Crippen LogP contribution in [0.3, 0.4) is 0 Å². The minimum Gasteiger partial charge on any atom is -0.465 e. The van der Waals surface area contributed by atoms with Crippen LogP contribution in [0.4, 0.5) is 13.2 Å². The Kier molecular flexibility index (Phi) is 6.60.